The number of hydrogen-bond acceptors (Lipinski definition) is 0. The first kappa shape index (κ1) is 25.0. The second-order valence-electron chi connectivity index (χ2n) is 13.8. The van der Waals surface area contributed by atoms with E-state index in [4.69, 9.17) is 0 Å². The lowest BCUT2D eigenvalue weighted by Gasteiger charge is -2.27. The number of hydrogen-bond donors (Lipinski definition) is 0. The smallest absolute Gasteiger partial charge is 0.0483 e. The SMILES string of the molecule is C=C(CC1=CCC=C1c1c(C(C)(C)C)ccc2c1Cc1cc(C(C)(C)C)ccc1-2)C[Si](C)(C)C. The van der Waals surface area contributed by atoms with Crippen LogP contribution in [0.5, 0.6) is 0 Å². The van der Waals surface area contributed by atoms with Crippen LogP contribution in [0.1, 0.15) is 82.2 Å². The van der Waals surface area contributed by atoms with E-state index >= 15 is 0 Å². The Morgan fingerprint density at radius 2 is 1.56 bits per heavy atom. The minimum atomic E-state index is -1.16. The Kier molecular flexibility index (Phi) is 6.26. The van der Waals surface area contributed by atoms with Crippen LogP contribution in [0.3, 0.4) is 0 Å². The van der Waals surface area contributed by atoms with Gasteiger partial charge in [-0.05, 0) is 86.2 Å². The Labute approximate surface area is 209 Å². The van der Waals surface area contributed by atoms with Gasteiger partial charge in [-0.1, -0.05) is 116 Å². The van der Waals surface area contributed by atoms with Gasteiger partial charge in [0.25, 0.3) is 0 Å². The molecule has 0 atom stereocenters. The highest BCUT2D eigenvalue weighted by Crippen LogP contribution is 2.48. The molecule has 2 aromatic rings. The molecule has 0 amide bonds. The number of benzene rings is 2. The summed E-state index contributed by atoms with van der Waals surface area (Å²) in [6, 6.07) is 13.2. The molecule has 0 aromatic heterocycles. The summed E-state index contributed by atoms with van der Waals surface area (Å²) in [4.78, 5) is 0. The fraction of sp³-hybridized carbons (Fsp3) is 0.455. The van der Waals surface area contributed by atoms with Gasteiger partial charge in [0.1, 0.15) is 0 Å². The summed E-state index contributed by atoms with van der Waals surface area (Å²) in [5.41, 5.74) is 14.9. The molecule has 0 fully saturated rings. The predicted octanol–water partition coefficient (Wildman–Crippen LogP) is 9.85. The zero-order valence-corrected chi connectivity index (χ0v) is 24.1. The van der Waals surface area contributed by atoms with Crippen molar-refractivity contribution in [2.75, 3.05) is 0 Å². The molecule has 34 heavy (non-hydrogen) atoms. The first-order chi connectivity index (χ1) is 15.6. The van der Waals surface area contributed by atoms with E-state index in [1.807, 2.05) is 0 Å². The van der Waals surface area contributed by atoms with Crippen LogP contribution in [0.2, 0.25) is 25.7 Å². The van der Waals surface area contributed by atoms with E-state index in [0.29, 0.717) is 0 Å². The zero-order chi connectivity index (χ0) is 25.1. The van der Waals surface area contributed by atoms with E-state index in [2.05, 4.69) is 110 Å². The highest BCUT2D eigenvalue weighted by molar-refractivity contribution is 6.76. The maximum atomic E-state index is 4.51. The average molecular weight is 469 g/mol. The minimum absolute atomic E-state index is 0.0968. The average Bonchev–Trinajstić information content (AvgIpc) is 3.27. The van der Waals surface area contributed by atoms with E-state index in [-0.39, 0.29) is 10.8 Å². The first-order valence-corrected chi connectivity index (χ1v) is 16.7. The molecule has 0 heterocycles. The van der Waals surface area contributed by atoms with Crippen LogP contribution < -0.4 is 0 Å². The third-order valence-electron chi connectivity index (χ3n) is 7.27. The Morgan fingerprint density at radius 1 is 0.882 bits per heavy atom. The highest BCUT2D eigenvalue weighted by atomic mass is 28.3. The van der Waals surface area contributed by atoms with E-state index in [9.17, 15) is 0 Å². The van der Waals surface area contributed by atoms with Crippen LogP contribution in [0.25, 0.3) is 16.7 Å². The molecule has 1 heteroatoms. The Bertz CT molecular complexity index is 1200. The molecule has 0 bridgehead atoms. The molecule has 2 aromatic carbocycles. The van der Waals surface area contributed by atoms with Gasteiger partial charge in [-0.25, -0.2) is 0 Å². The van der Waals surface area contributed by atoms with Gasteiger partial charge < -0.3 is 0 Å². The predicted molar refractivity (Wildman–Crippen MR) is 155 cm³/mol. The van der Waals surface area contributed by atoms with Gasteiger partial charge in [0.05, 0.1) is 0 Å². The molecular formula is C33H44Si. The lowest BCUT2D eigenvalue weighted by Crippen LogP contribution is -2.20. The van der Waals surface area contributed by atoms with Gasteiger partial charge in [-0.2, -0.15) is 0 Å². The molecule has 2 aliphatic carbocycles. The van der Waals surface area contributed by atoms with Crippen molar-refractivity contribution in [3.8, 4) is 11.1 Å². The van der Waals surface area contributed by atoms with Crippen molar-refractivity contribution < 1.29 is 0 Å². The maximum Gasteiger partial charge on any atom is 0.0483 e. The molecule has 0 aliphatic heterocycles. The standard InChI is InChI=1S/C33H44Si/c1-22(21-34(8,9)10)18-23-12-11-13-27(23)31-29-20-24-19-25(32(2,3)4)14-15-26(24)28(29)16-17-30(31)33(5,6)7/h12-17,19H,1,11,18,20-21H2,2-10H3. The van der Waals surface area contributed by atoms with Gasteiger partial charge in [0, 0.05) is 8.07 Å². The van der Waals surface area contributed by atoms with Crippen molar-refractivity contribution in [3.63, 3.8) is 0 Å². The third kappa shape index (κ3) is 4.96. The summed E-state index contributed by atoms with van der Waals surface area (Å²) in [5.74, 6) is 0. The molecule has 4 rings (SSSR count). The molecule has 0 spiro atoms. The fourth-order valence-corrected chi connectivity index (χ4v) is 7.37. The third-order valence-corrected chi connectivity index (χ3v) is 8.83. The van der Waals surface area contributed by atoms with Crippen LogP contribution in [0, 0.1) is 0 Å². The largest absolute Gasteiger partial charge is 0.0998 e. The Balaban J connectivity index is 1.79. The summed E-state index contributed by atoms with van der Waals surface area (Å²) >= 11 is 0. The monoisotopic (exact) mass is 468 g/mol. The Hall–Kier alpha value is -2.12. The number of rotatable bonds is 5. The van der Waals surface area contributed by atoms with Gasteiger partial charge in [0.2, 0.25) is 0 Å². The van der Waals surface area contributed by atoms with E-state index in [0.717, 1.165) is 19.3 Å². The molecule has 0 radical (unpaired) electrons. The lowest BCUT2D eigenvalue weighted by molar-refractivity contribution is 0.588. The normalized spacial score (nSPS) is 15.7. The van der Waals surface area contributed by atoms with Crippen LogP contribution >= 0.6 is 0 Å². The number of allylic oxidation sites excluding steroid dienone is 5. The molecule has 0 saturated carbocycles. The van der Waals surface area contributed by atoms with Crippen LogP contribution in [-0.2, 0) is 17.3 Å². The van der Waals surface area contributed by atoms with Crippen molar-refractivity contribution in [2.45, 2.75) is 97.3 Å². The molecule has 0 saturated heterocycles. The summed E-state index contributed by atoms with van der Waals surface area (Å²) in [7, 11) is -1.16. The van der Waals surface area contributed by atoms with Crippen LogP contribution in [-0.4, -0.2) is 8.07 Å². The van der Waals surface area contributed by atoms with Gasteiger partial charge in [-0.15, -0.1) is 0 Å². The van der Waals surface area contributed by atoms with Crippen molar-refractivity contribution in [1.82, 2.24) is 0 Å². The molecule has 2 aliphatic rings. The summed E-state index contributed by atoms with van der Waals surface area (Å²) in [6.07, 6.45) is 8.03. The van der Waals surface area contributed by atoms with Crippen molar-refractivity contribution in [1.29, 1.82) is 0 Å². The number of fused-ring (bicyclic) bond motifs is 3. The highest BCUT2D eigenvalue weighted by Gasteiger charge is 2.31. The Morgan fingerprint density at radius 3 is 2.18 bits per heavy atom. The van der Waals surface area contributed by atoms with Crippen LogP contribution in [0.4, 0.5) is 0 Å². The van der Waals surface area contributed by atoms with E-state index in [1.54, 1.807) is 0 Å². The van der Waals surface area contributed by atoms with E-state index in [1.165, 1.54) is 61.7 Å². The van der Waals surface area contributed by atoms with E-state index < -0.39 is 8.07 Å². The van der Waals surface area contributed by atoms with Crippen molar-refractivity contribution in [3.05, 3.63) is 88.0 Å². The first-order valence-electron chi connectivity index (χ1n) is 13.0. The second kappa shape index (κ2) is 8.52. The van der Waals surface area contributed by atoms with Crippen LogP contribution in [0.15, 0.2) is 60.2 Å². The second-order valence-corrected chi connectivity index (χ2v) is 19.3. The lowest BCUT2D eigenvalue weighted by atomic mass is 9.77. The maximum absolute atomic E-state index is 4.51. The quantitative estimate of drug-likeness (QED) is 0.258. The molecule has 180 valence electrons. The topological polar surface area (TPSA) is 0 Å². The molecular weight excluding hydrogens is 424 g/mol. The van der Waals surface area contributed by atoms with Gasteiger partial charge in [-0.3, -0.25) is 0 Å². The fourth-order valence-electron chi connectivity index (χ4n) is 5.75. The summed E-state index contributed by atoms with van der Waals surface area (Å²) in [5, 5.41) is 0. The van der Waals surface area contributed by atoms with Crippen molar-refractivity contribution in [2.24, 2.45) is 0 Å². The summed E-state index contributed by atoms with van der Waals surface area (Å²) < 4.78 is 0. The molecule has 0 unspecified atom stereocenters. The minimum Gasteiger partial charge on any atom is -0.0998 e. The van der Waals surface area contributed by atoms with Gasteiger partial charge in [0.15, 0.2) is 0 Å². The van der Waals surface area contributed by atoms with Crippen molar-refractivity contribution >= 4 is 13.6 Å². The van der Waals surface area contributed by atoms with Gasteiger partial charge >= 0.3 is 0 Å². The summed E-state index contributed by atoms with van der Waals surface area (Å²) in [6.45, 7) is 25.9. The molecule has 0 nitrogen and oxygen atoms in total. The molecule has 0 N–H and O–H groups in total. The zero-order valence-electron chi connectivity index (χ0n) is 23.1.